The van der Waals surface area contributed by atoms with Gasteiger partial charge in [-0.1, -0.05) is 19.1 Å². The summed E-state index contributed by atoms with van der Waals surface area (Å²) >= 11 is 0. The number of hydrogen-bond acceptors (Lipinski definition) is 3. The maximum absolute atomic E-state index is 5.65. The number of hydrogen-bond donors (Lipinski definition) is 2. The smallest absolute Gasteiger partial charge is 0.191 e. The number of nitrogens with zero attached hydrogens (tertiary/aromatic N) is 1. The van der Waals surface area contributed by atoms with Gasteiger partial charge in [0.05, 0.1) is 12.7 Å². The van der Waals surface area contributed by atoms with Crippen LogP contribution in [0, 0.1) is 0 Å². The van der Waals surface area contributed by atoms with Crippen LogP contribution in [0.15, 0.2) is 29.3 Å². The summed E-state index contributed by atoms with van der Waals surface area (Å²) in [6.07, 6.45) is 3.61. The van der Waals surface area contributed by atoms with Gasteiger partial charge in [-0.25, -0.2) is 0 Å². The fourth-order valence-corrected chi connectivity index (χ4v) is 2.39. The Morgan fingerprint density at radius 3 is 2.96 bits per heavy atom. The molecule has 6 heteroatoms. The lowest BCUT2D eigenvalue weighted by Crippen LogP contribution is -2.40. The van der Waals surface area contributed by atoms with Gasteiger partial charge in [0.15, 0.2) is 5.96 Å². The number of rotatable bonds is 7. The van der Waals surface area contributed by atoms with Gasteiger partial charge in [0.1, 0.15) is 5.75 Å². The Kier molecular flexibility index (Phi) is 10.0. The topological polar surface area (TPSA) is 54.9 Å². The zero-order chi connectivity index (χ0) is 15.6. The molecule has 2 rings (SSSR count). The van der Waals surface area contributed by atoms with Crippen molar-refractivity contribution >= 4 is 29.9 Å². The Bertz CT molecular complexity index is 477. The van der Waals surface area contributed by atoms with Crippen molar-refractivity contribution in [1.82, 2.24) is 10.6 Å². The van der Waals surface area contributed by atoms with Crippen LogP contribution >= 0.6 is 24.0 Å². The van der Waals surface area contributed by atoms with Crippen LogP contribution in [0.4, 0.5) is 0 Å². The number of nitrogens with one attached hydrogen (secondary N) is 2. The van der Waals surface area contributed by atoms with E-state index in [1.54, 1.807) is 7.05 Å². The standard InChI is InChI=1S/C17H27N3O2.HI/c1-3-9-21-15-7-4-6-14(11-15)12-19-17(18-2)20-13-16-8-5-10-22-16;/h4,6-7,11,16H,3,5,8-10,12-13H2,1-2H3,(H2,18,19,20);1H. The second kappa shape index (κ2) is 11.5. The molecule has 0 amide bonds. The average molecular weight is 433 g/mol. The molecule has 0 bridgehead atoms. The van der Waals surface area contributed by atoms with E-state index in [1.807, 2.05) is 12.1 Å². The van der Waals surface area contributed by atoms with Crippen LogP contribution in [0.25, 0.3) is 0 Å². The predicted octanol–water partition coefficient (Wildman–Crippen LogP) is 2.94. The summed E-state index contributed by atoms with van der Waals surface area (Å²) in [6, 6.07) is 8.16. The van der Waals surface area contributed by atoms with Crippen LogP contribution in [-0.2, 0) is 11.3 Å². The van der Waals surface area contributed by atoms with E-state index in [-0.39, 0.29) is 24.0 Å². The molecule has 1 aliphatic heterocycles. The highest BCUT2D eigenvalue weighted by molar-refractivity contribution is 14.0. The van der Waals surface area contributed by atoms with Gasteiger partial charge < -0.3 is 20.1 Å². The third-order valence-electron chi connectivity index (χ3n) is 3.58. The van der Waals surface area contributed by atoms with E-state index < -0.39 is 0 Å². The fourth-order valence-electron chi connectivity index (χ4n) is 2.39. The lowest BCUT2D eigenvalue weighted by atomic mass is 10.2. The molecular weight excluding hydrogens is 405 g/mol. The second-order valence-corrected chi connectivity index (χ2v) is 5.44. The summed E-state index contributed by atoms with van der Waals surface area (Å²) in [5.74, 6) is 1.72. The molecule has 0 saturated carbocycles. The molecule has 1 atom stereocenters. The van der Waals surface area contributed by atoms with Gasteiger partial charge in [-0.05, 0) is 37.0 Å². The Morgan fingerprint density at radius 1 is 1.39 bits per heavy atom. The van der Waals surface area contributed by atoms with Crippen LogP contribution in [0.1, 0.15) is 31.7 Å². The largest absolute Gasteiger partial charge is 0.494 e. The Hall–Kier alpha value is -1.02. The molecule has 1 unspecified atom stereocenters. The van der Waals surface area contributed by atoms with Gasteiger partial charge in [-0.15, -0.1) is 24.0 Å². The predicted molar refractivity (Wildman–Crippen MR) is 105 cm³/mol. The van der Waals surface area contributed by atoms with Crippen molar-refractivity contribution < 1.29 is 9.47 Å². The maximum atomic E-state index is 5.65. The summed E-state index contributed by atoms with van der Waals surface area (Å²) in [5.41, 5.74) is 1.17. The highest BCUT2D eigenvalue weighted by Crippen LogP contribution is 2.13. The van der Waals surface area contributed by atoms with Crippen LogP contribution in [0.5, 0.6) is 5.75 Å². The summed E-state index contributed by atoms with van der Waals surface area (Å²) in [7, 11) is 1.78. The van der Waals surface area contributed by atoms with E-state index >= 15 is 0 Å². The van der Waals surface area contributed by atoms with E-state index in [4.69, 9.17) is 9.47 Å². The summed E-state index contributed by atoms with van der Waals surface area (Å²) in [6.45, 7) is 5.26. The highest BCUT2D eigenvalue weighted by Gasteiger charge is 2.15. The molecule has 2 N–H and O–H groups in total. The summed E-state index contributed by atoms with van der Waals surface area (Å²) in [5, 5.41) is 6.63. The molecule has 0 aromatic heterocycles. The Labute approximate surface area is 156 Å². The SMILES string of the molecule is CCCOc1cccc(CNC(=NC)NCC2CCCO2)c1.I. The van der Waals surface area contributed by atoms with Crippen molar-refractivity contribution in [1.29, 1.82) is 0 Å². The first-order valence-corrected chi connectivity index (χ1v) is 8.09. The number of ether oxygens (including phenoxy) is 2. The molecule has 0 aliphatic carbocycles. The van der Waals surface area contributed by atoms with Crippen molar-refractivity contribution in [2.75, 3.05) is 26.8 Å². The molecule has 0 radical (unpaired) electrons. The molecular formula is C17H28IN3O2. The summed E-state index contributed by atoms with van der Waals surface area (Å²) in [4.78, 5) is 4.24. The summed E-state index contributed by atoms with van der Waals surface area (Å²) < 4.78 is 11.3. The number of aliphatic imine (C=N–C) groups is 1. The zero-order valence-electron chi connectivity index (χ0n) is 14.0. The molecule has 1 aromatic carbocycles. The first-order chi connectivity index (χ1) is 10.8. The minimum absolute atomic E-state index is 0. The highest BCUT2D eigenvalue weighted by atomic mass is 127. The maximum Gasteiger partial charge on any atom is 0.191 e. The molecule has 130 valence electrons. The second-order valence-electron chi connectivity index (χ2n) is 5.44. The third-order valence-corrected chi connectivity index (χ3v) is 3.58. The third kappa shape index (κ3) is 7.39. The minimum Gasteiger partial charge on any atom is -0.494 e. The Morgan fingerprint density at radius 2 is 2.26 bits per heavy atom. The Balaban J connectivity index is 0.00000264. The monoisotopic (exact) mass is 433 g/mol. The number of guanidine groups is 1. The van der Waals surface area contributed by atoms with E-state index in [2.05, 4.69) is 34.7 Å². The van der Waals surface area contributed by atoms with Crippen molar-refractivity contribution in [2.45, 2.75) is 38.8 Å². The zero-order valence-corrected chi connectivity index (χ0v) is 16.3. The van der Waals surface area contributed by atoms with E-state index in [0.29, 0.717) is 12.6 Å². The molecule has 1 fully saturated rings. The first kappa shape index (κ1) is 20.0. The van der Waals surface area contributed by atoms with Gasteiger partial charge in [0.2, 0.25) is 0 Å². The lowest BCUT2D eigenvalue weighted by Gasteiger charge is -2.15. The van der Waals surface area contributed by atoms with Crippen LogP contribution in [0.2, 0.25) is 0 Å². The normalized spacial score (nSPS) is 17.5. The van der Waals surface area contributed by atoms with Crippen molar-refractivity contribution in [3.05, 3.63) is 29.8 Å². The van der Waals surface area contributed by atoms with Crippen molar-refractivity contribution in [3.8, 4) is 5.75 Å². The van der Waals surface area contributed by atoms with Crippen molar-refractivity contribution in [3.63, 3.8) is 0 Å². The van der Waals surface area contributed by atoms with Crippen molar-refractivity contribution in [2.24, 2.45) is 4.99 Å². The van der Waals surface area contributed by atoms with Gasteiger partial charge in [-0.2, -0.15) is 0 Å². The minimum atomic E-state index is 0. The number of halogens is 1. The van der Waals surface area contributed by atoms with Gasteiger partial charge in [0, 0.05) is 26.7 Å². The van der Waals surface area contributed by atoms with Crippen LogP contribution in [0.3, 0.4) is 0 Å². The van der Waals surface area contributed by atoms with E-state index in [9.17, 15) is 0 Å². The molecule has 1 heterocycles. The molecule has 1 aliphatic rings. The van der Waals surface area contributed by atoms with Gasteiger partial charge >= 0.3 is 0 Å². The molecule has 1 saturated heterocycles. The first-order valence-electron chi connectivity index (χ1n) is 8.09. The van der Waals surface area contributed by atoms with Crippen LogP contribution < -0.4 is 15.4 Å². The average Bonchev–Trinajstić information content (AvgIpc) is 3.07. The molecule has 5 nitrogen and oxygen atoms in total. The lowest BCUT2D eigenvalue weighted by molar-refractivity contribution is 0.114. The van der Waals surface area contributed by atoms with E-state index in [1.165, 1.54) is 5.56 Å². The van der Waals surface area contributed by atoms with Crippen LogP contribution in [-0.4, -0.2) is 38.9 Å². The molecule has 0 spiro atoms. The fraction of sp³-hybridized carbons (Fsp3) is 0.588. The quantitative estimate of drug-likeness (QED) is 0.395. The van der Waals surface area contributed by atoms with E-state index in [0.717, 1.165) is 50.7 Å². The van der Waals surface area contributed by atoms with Gasteiger partial charge in [0.25, 0.3) is 0 Å². The van der Waals surface area contributed by atoms with Gasteiger partial charge in [-0.3, -0.25) is 4.99 Å². The number of benzene rings is 1. The molecule has 23 heavy (non-hydrogen) atoms. The molecule has 1 aromatic rings.